The molecule has 1 amide bonds. The number of carbonyl (C=O) groups is 1. The number of para-hydroxylation sites is 2. The molecule has 1 atom stereocenters. The minimum Gasteiger partial charge on any atom is -0.492 e. The largest absolute Gasteiger partial charge is 0.492 e. The van der Waals surface area contributed by atoms with Gasteiger partial charge in [-0.1, -0.05) is 23.9 Å². The highest BCUT2D eigenvalue weighted by Crippen LogP contribution is 2.29. The van der Waals surface area contributed by atoms with E-state index >= 15 is 0 Å². The maximum Gasteiger partial charge on any atom is 0.237 e. The topological polar surface area (TPSA) is 82.2 Å². The first-order chi connectivity index (χ1) is 13.0. The maximum absolute atomic E-state index is 12.6. The second kappa shape index (κ2) is 8.30. The van der Waals surface area contributed by atoms with Crippen LogP contribution in [0.3, 0.4) is 0 Å². The molecule has 2 aromatic heterocycles. The summed E-state index contributed by atoms with van der Waals surface area (Å²) in [5.41, 5.74) is 1.55. The lowest BCUT2D eigenvalue weighted by Crippen LogP contribution is -2.23. The summed E-state index contributed by atoms with van der Waals surface area (Å²) in [6, 6.07) is 9.24. The molecular weight excluding hydrogens is 364 g/mol. The van der Waals surface area contributed by atoms with Crippen LogP contribution in [0, 0.1) is 6.92 Å². The molecule has 3 aromatic rings. The number of ether oxygens (including phenoxy) is 1. The highest BCUT2D eigenvalue weighted by atomic mass is 32.2. The number of anilines is 1. The van der Waals surface area contributed by atoms with Crippen LogP contribution < -0.4 is 10.1 Å². The van der Waals surface area contributed by atoms with E-state index in [1.165, 1.54) is 11.8 Å². The van der Waals surface area contributed by atoms with Gasteiger partial charge in [-0.25, -0.2) is 0 Å². The molecule has 0 aliphatic carbocycles. The van der Waals surface area contributed by atoms with Crippen LogP contribution >= 0.6 is 11.8 Å². The highest BCUT2D eigenvalue weighted by Gasteiger charge is 2.21. The first kappa shape index (κ1) is 19.0. The first-order valence-corrected chi connectivity index (χ1v) is 9.52. The van der Waals surface area contributed by atoms with Gasteiger partial charge in [0.15, 0.2) is 11.0 Å². The van der Waals surface area contributed by atoms with Crippen molar-refractivity contribution in [3.8, 4) is 17.1 Å². The molecule has 1 aromatic carbocycles. The lowest BCUT2D eigenvalue weighted by molar-refractivity contribution is -0.115. The van der Waals surface area contributed by atoms with Gasteiger partial charge in [-0.3, -0.25) is 4.79 Å². The Kier molecular flexibility index (Phi) is 5.85. The summed E-state index contributed by atoms with van der Waals surface area (Å²) in [6.45, 7) is 6.15. The van der Waals surface area contributed by atoms with E-state index in [0.29, 0.717) is 29.0 Å². The van der Waals surface area contributed by atoms with E-state index in [0.717, 1.165) is 11.3 Å². The fourth-order valence-corrected chi connectivity index (χ4v) is 3.38. The predicted molar refractivity (Wildman–Crippen MR) is 105 cm³/mol. The fourth-order valence-electron chi connectivity index (χ4n) is 2.57. The van der Waals surface area contributed by atoms with E-state index in [-0.39, 0.29) is 11.2 Å². The van der Waals surface area contributed by atoms with Crippen molar-refractivity contribution in [3.63, 3.8) is 0 Å². The Morgan fingerprint density at radius 1 is 1.33 bits per heavy atom. The lowest BCUT2D eigenvalue weighted by atomic mass is 10.2. The Hall–Kier alpha value is -2.74. The van der Waals surface area contributed by atoms with E-state index in [1.54, 1.807) is 6.26 Å². The number of hydrogen-bond donors (Lipinski definition) is 1. The Labute approximate surface area is 162 Å². The third-order valence-corrected chi connectivity index (χ3v) is 5.16. The molecular formula is C19H22N4O3S. The molecule has 0 saturated heterocycles. The third kappa shape index (κ3) is 4.16. The lowest BCUT2D eigenvalue weighted by Gasteiger charge is -2.14. The van der Waals surface area contributed by atoms with E-state index < -0.39 is 0 Å². The van der Waals surface area contributed by atoms with E-state index in [4.69, 9.17) is 9.15 Å². The number of furan rings is 1. The number of hydrogen-bond acceptors (Lipinski definition) is 6. The second-order valence-corrected chi connectivity index (χ2v) is 7.24. The van der Waals surface area contributed by atoms with Gasteiger partial charge in [0.2, 0.25) is 5.91 Å². The summed E-state index contributed by atoms with van der Waals surface area (Å²) >= 11 is 1.35. The molecule has 1 unspecified atom stereocenters. The van der Waals surface area contributed by atoms with Crippen LogP contribution in [-0.2, 0) is 11.8 Å². The number of carbonyl (C=O) groups excluding carboxylic acids is 1. The number of nitrogens with zero attached hydrogens (tertiary/aromatic N) is 3. The number of amides is 1. The zero-order valence-corrected chi connectivity index (χ0v) is 16.5. The summed E-state index contributed by atoms with van der Waals surface area (Å²) in [6.07, 6.45) is 1.62. The molecule has 0 radical (unpaired) electrons. The molecule has 0 bridgehead atoms. The van der Waals surface area contributed by atoms with Gasteiger partial charge < -0.3 is 19.0 Å². The van der Waals surface area contributed by atoms with Crippen LogP contribution in [0.15, 0.2) is 46.2 Å². The molecule has 8 heteroatoms. The fraction of sp³-hybridized carbons (Fsp3) is 0.316. The van der Waals surface area contributed by atoms with Gasteiger partial charge in [-0.15, -0.1) is 10.2 Å². The SMILES string of the molecule is CCOc1ccccc1NC(=O)C(C)Sc1nnc(-c2ccoc2C)n1C. The minimum absolute atomic E-state index is 0.129. The van der Waals surface area contributed by atoms with Gasteiger partial charge in [0, 0.05) is 7.05 Å². The second-order valence-electron chi connectivity index (χ2n) is 5.93. The van der Waals surface area contributed by atoms with Crippen molar-refractivity contribution in [3.05, 3.63) is 42.4 Å². The molecule has 142 valence electrons. The Bertz CT molecular complexity index is 935. The Balaban J connectivity index is 1.71. The molecule has 27 heavy (non-hydrogen) atoms. The highest BCUT2D eigenvalue weighted by molar-refractivity contribution is 8.00. The molecule has 0 saturated carbocycles. The van der Waals surface area contributed by atoms with Crippen LogP contribution in [0.25, 0.3) is 11.4 Å². The summed E-state index contributed by atoms with van der Waals surface area (Å²) in [7, 11) is 1.87. The number of aromatic nitrogens is 3. The van der Waals surface area contributed by atoms with Gasteiger partial charge in [0.25, 0.3) is 0 Å². The maximum atomic E-state index is 12.6. The number of aryl methyl sites for hydroxylation is 1. The summed E-state index contributed by atoms with van der Waals surface area (Å²) in [5, 5.41) is 11.7. The monoisotopic (exact) mass is 386 g/mol. The van der Waals surface area contributed by atoms with Crippen LogP contribution in [0.5, 0.6) is 5.75 Å². The summed E-state index contributed by atoms with van der Waals surface area (Å²) in [5.74, 6) is 2.01. The average molecular weight is 386 g/mol. The molecule has 2 heterocycles. The van der Waals surface area contributed by atoms with Crippen LogP contribution in [0.1, 0.15) is 19.6 Å². The molecule has 0 aliphatic rings. The standard InChI is InChI=1S/C19H22N4O3S/c1-5-25-16-9-7-6-8-15(16)20-18(24)13(3)27-19-22-21-17(23(19)4)14-10-11-26-12(14)2/h6-11,13H,5H2,1-4H3,(H,20,24). The Morgan fingerprint density at radius 2 is 2.11 bits per heavy atom. The number of nitrogens with one attached hydrogen (secondary N) is 1. The van der Waals surface area contributed by atoms with Gasteiger partial charge in [-0.2, -0.15) is 0 Å². The molecule has 3 rings (SSSR count). The van der Waals surface area contributed by atoms with Crippen molar-refractivity contribution in [2.45, 2.75) is 31.2 Å². The first-order valence-electron chi connectivity index (χ1n) is 8.64. The molecule has 0 aliphatic heterocycles. The molecule has 1 N–H and O–H groups in total. The van der Waals surface area contributed by atoms with Crippen molar-refractivity contribution in [1.29, 1.82) is 0 Å². The van der Waals surface area contributed by atoms with Crippen molar-refractivity contribution in [1.82, 2.24) is 14.8 Å². The summed E-state index contributed by atoms with van der Waals surface area (Å²) < 4.78 is 12.8. The normalized spacial score (nSPS) is 12.0. The van der Waals surface area contributed by atoms with E-state index in [9.17, 15) is 4.79 Å². The quantitative estimate of drug-likeness (QED) is 0.620. The minimum atomic E-state index is -0.360. The van der Waals surface area contributed by atoms with Crippen molar-refractivity contribution in [2.75, 3.05) is 11.9 Å². The van der Waals surface area contributed by atoms with Crippen LogP contribution in [-0.4, -0.2) is 32.5 Å². The zero-order valence-electron chi connectivity index (χ0n) is 15.7. The number of benzene rings is 1. The third-order valence-electron chi connectivity index (χ3n) is 4.03. The summed E-state index contributed by atoms with van der Waals surface area (Å²) in [4.78, 5) is 12.6. The number of thioether (sulfide) groups is 1. The Morgan fingerprint density at radius 3 is 2.81 bits per heavy atom. The van der Waals surface area contributed by atoms with Gasteiger partial charge in [0.1, 0.15) is 11.5 Å². The number of rotatable bonds is 7. The zero-order chi connectivity index (χ0) is 19.4. The van der Waals surface area contributed by atoms with E-state index in [1.807, 2.05) is 62.7 Å². The molecule has 0 fully saturated rings. The smallest absolute Gasteiger partial charge is 0.237 e. The van der Waals surface area contributed by atoms with Crippen LogP contribution in [0.4, 0.5) is 5.69 Å². The van der Waals surface area contributed by atoms with Crippen molar-refractivity contribution >= 4 is 23.4 Å². The van der Waals surface area contributed by atoms with E-state index in [2.05, 4.69) is 15.5 Å². The van der Waals surface area contributed by atoms with Gasteiger partial charge in [0.05, 0.1) is 29.4 Å². The van der Waals surface area contributed by atoms with Crippen LogP contribution in [0.2, 0.25) is 0 Å². The van der Waals surface area contributed by atoms with Crippen molar-refractivity contribution in [2.24, 2.45) is 7.05 Å². The van der Waals surface area contributed by atoms with Gasteiger partial charge >= 0.3 is 0 Å². The predicted octanol–water partition coefficient (Wildman–Crippen LogP) is 3.90. The van der Waals surface area contributed by atoms with Crippen molar-refractivity contribution < 1.29 is 13.9 Å². The average Bonchev–Trinajstić information content (AvgIpc) is 3.22. The molecule has 7 nitrogen and oxygen atoms in total. The van der Waals surface area contributed by atoms with Gasteiger partial charge in [-0.05, 0) is 39.0 Å². The molecule has 0 spiro atoms.